The lowest BCUT2D eigenvalue weighted by atomic mass is 10.1. The molecule has 1 heterocycles. The van der Waals surface area contributed by atoms with Gasteiger partial charge in [-0.2, -0.15) is 0 Å². The van der Waals surface area contributed by atoms with Crippen LogP contribution in [0.2, 0.25) is 0 Å². The topological polar surface area (TPSA) is 72.9 Å². The molecule has 0 bridgehead atoms. The minimum absolute atomic E-state index is 0.158. The number of imide groups is 1. The number of para-hydroxylation sites is 1. The van der Waals surface area contributed by atoms with Crippen LogP contribution in [0.25, 0.3) is 0 Å². The molecule has 0 spiro atoms. The van der Waals surface area contributed by atoms with Crippen LogP contribution in [0.5, 0.6) is 11.5 Å². The number of hydrogen-bond donors (Lipinski definition) is 0. The molecule has 0 aromatic heterocycles. The second-order valence-corrected chi connectivity index (χ2v) is 6.89. The largest absolute Gasteiger partial charge is 0.494 e. The molecule has 1 aliphatic heterocycles. The first kappa shape index (κ1) is 19.6. The van der Waals surface area contributed by atoms with Gasteiger partial charge in [0.15, 0.2) is 11.9 Å². The summed E-state index contributed by atoms with van der Waals surface area (Å²) in [4.78, 5) is 39.7. The molecule has 2 amide bonds. The number of rotatable bonds is 6. The predicted molar refractivity (Wildman–Crippen MR) is 104 cm³/mol. The predicted octanol–water partition coefficient (Wildman–Crippen LogP) is 3.35. The maximum Gasteiger partial charge on any atom is 0.271 e. The van der Waals surface area contributed by atoms with Crippen LogP contribution in [0.1, 0.15) is 41.5 Å². The third-order valence-corrected chi connectivity index (χ3v) is 4.52. The summed E-state index contributed by atoms with van der Waals surface area (Å²) in [6.07, 6.45) is -0.833. The Bertz CT molecular complexity index is 888. The summed E-state index contributed by atoms with van der Waals surface area (Å²) in [5.41, 5.74) is 0.682. The Hall–Kier alpha value is -3.15. The molecule has 0 saturated carbocycles. The molecule has 146 valence electrons. The lowest BCUT2D eigenvalue weighted by molar-refractivity contribution is -0.136. The zero-order chi connectivity index (χ0) is 20.3. The van der Waals surface area contributed by atoms with E-state index in [1.807, 2.05) is 20.8 Å². The molecule has 6 heteroatoms. The Morgan fingerprint density at radius 2 is 1.79 bits per heavy atom. The van der Waals surface area contributed by atoms with Crippen molar-refractivity contribution in [3.63, 3.8) is 0 Å². The van der Waals surface area contributed by atoms with Gasteiger partial charge in [0.1, 0.15) is 11.5 Å². The number of amides is 2. The summed E-state index contributed by atoms with van der Waals surface area (Å²) in [6, 6.07) is 13.3. The molecule has 28 heavy (non-hydrogen) atoms. The van der Waals surface area contributed by atoms with Crippen molar-refractivity contribution in [2.45, 2.75) is 26.9 Å². The normalized spacial score (nSPS) is 16.4. The van der Waals surface area contributed by atoms with Crippen molar-refractivity contribution in [3.05, 3.63) is 59.7 Å². The highest BCUT2D eigenvalue weighted by molar-refractivity contribution is 6.12. The molecule has 0 radical (unpaired) electrons. The highest BCUT2D eigenvalue weighted by atomic mass is 16.5. The molecule has 2 aromatic carbocycles. The van der Waals surface area contributed by atoms with Crippen molar-refractivity contribution in [1.82, 2.24) is 4.90 Å². The molecule has 1 aliphatic rings. The van der Waals surface area contributed by atoms with E-state index in [-0.39, 0.29) is 23.8 Å². The molecule has 6 nitrogen and oxygen atoms in total. The Kier molecular flexibility index (Phi) is 5.78. The van der Waals surface area contributed by atoms with E-state index in [1.54, 1.807) is 48.5 Å². The summed E-state index contributed by atoms with van der Waals surface area (Å²) in [5, 5.41) is 0. The number of ketones is 1. The first-order chi connectivity index (χ1) is 13.4. The molecule has 0 aliphatic carbocycles. The summed E-state index contributed by atoms with van der Waals surface area (Å²) in [7, 11) is 0. The second kappa shape index (κ2) is 8.25. The van der Waals surface area contributed by atoms with E-state index in [0.29, 0.717) is 23.7 Å². The van der Waals surface area contributed by atoms with E-state index in [4.69, 9.17) is 9.47 Å². The van der Waals surface area contributed by atoms with E-state index in [0.717, 1.165) is 4.90 Å². The molecule has 0 fully saturated rings. The van der Waals surface area contributed by atoms with Crippen molar-refractivity contribution in [1.29, 1.82) is 0 Å². The van der Waals surface area contributed by atoms with Gasteiger partial charge in [-0.3, -0.25) is 19.3 Å². The minimum Gasteiger partial charge on any atom is -0.494 e. The zero-order valence-electron chi connectivity index (χ0n) is 16.2. The lowest BCUT2D eigenvalue weighted by Crippen LogP contribution is -2.47. The van der Waals surface area contributed by atoms with Crippen LogP contribution in [0.15, 0.2) is 48.5 Å². The number of ether oxygens (including phenoxy) is 2. The SMILES string of the molecule is CCOc1ccc(C(=O)CN2C(=O)c3ccccc3O[C@H](C(C)C)C2=O)cc1. The van der Waals surface area contributed by atoms with Crippen LogP contribution in [-0.2, 0) is 4.79 Å². The van der Waals surface area contributed by atoms with Gasteiger partial charge in [-0.15, -0.1) is 0 Å². The Balaban J connectivity index is 1.89. The third-order valence-electron chi connectivity index (χ3n) is 4.52. The maximum absolute atomic E-state index is 13.0. The van der Waals surface area contributed by atoms with Gasteiger partial charge in [0.25, 0.3) is 11.8 Å². The van der Waals surface area contributed by atoms with E-state index in [2.05, 4.69) is 0 Å². The molecular formula is C22H23NO5. The van der Waals surface area contributed by atoms with Gasteiger partial charge in [0.05, 0.1) is 18.7 Å². The molecule has 0 saturated heterocycles. The first-order valence-electron chi connectivity index (χ1n) is 9.29. The second-order valence-electron chi connectivity index (χ2n) is 6.89. The van der Waals surface area contributed by atoms with Crippen LogP contribution in [-0.4, -0.2) is 41.8 Å². The van der Waals surface area contributed by atoms with Gasteiger partial charge in [-0.05, 0) is 49.2 Å². The van der Waals surface area contributed by atoms with Gasteiger partial charge < -0.3 is 9.47 Å². The van der Waals surface area contributed by atoms with Gasteiger partial charge in [0.2, 0.25) is 0 Å². The monoisotopic (exact) mass is 381 g/mol. The summed E-state index contributed by atoms with van der Waals surface area (Å²) < 4.78 is 11.2. The Morgan fingerprint density at radius 3 is 2.43 bits per heavy atom. The van der Waals surface area contributed by atoms with Gasteiger partial charge in [-0.25, -0.2) is 0 Å². The van der Waals surface area contributed by atoms with Crippen molar-refractivity contribution in [3.8, 4) is 11.5 Å². The summed E-state index contributed by atoms with van der Waals surface area (Å²) in [5.74, 6) is -0.501. The average Bonchev–Trinajstić information content (AvgIpc) is 2.79. The molecule has 0 unspecified atom stereocenters. The van der Waals surface area contributed by atoms with Crippen LogP contribution in [0.4, 0.5) is 0 Å². The number of fused-ring (bicyclic) bond motifs is 1. The van der Waals surface area contributed by atoms with Crippen molar-refractivity contribution in [2.75, 3.05) is 13.2 Å². The summed E-state index contributed by atoms with van der Waals surface area (Å²) >= 11 is 0. The smallest absolute Gasteiger partial charge is 0.271 e. The van der Waals surface area contributed by atoms with Crippen molar-refractivity contribution >= 4 is 17.6 Å². The zero-order valence-corrected chi connectivity index (χ0v) is 16.2. The average molecular weight is 381 g/mol. The Labute approximate surface area is 164 Å². The number of nitrogens with zero attached hydrogens (tertiary/aromatic N) is 1. The molecular weight excluding hydrogens is 358 g/mol. The lowest BCUT2D eigenvalue weighted by Gasteiger charge is -2.24. The van der Waals surface area contributed by atoms with Gasteiger partial charge >= 0.3 is 0 Å². The highest BCUT2D eigenvalue weighted by Gasteiger charge is 2.38. The minimum atomic E-state index is -0.833. The van der Waals surface area contributed by atoms with Crippen LogP contribution in [0, 0.1) is 5.92 Å². The van der Waals surface area contributed by atoms with E-state index >= 15 is 0 Å². The van der Waals surface area contributed by atoms with Crippen molar-refractivity contribution < 1.29 is 23.9 Å². The Morgan fingerprint density at radius 1 is 1.11 bits per heavy atom. The van der Waals surface area contributed by atoms with E-state index in [9.17, 15) is 14.4 Å². The maximum atomic E-state index is 13.0. The molecule has 2 aromatic rings. The van der Waals surface area contributed by atoms with Gasteiger partial charge in [0, 0.05) is 5.56 Å². The molecule has 3 rings (SSSR count). The fourth-order valence-corrected chi connectivity index (χ4v) is 3.04. The number of carbonyl (C=O) groups is 3. The third kappa shape index (κ3) is 3.91. The number of carbonyl (C=O) groups excluding carboxylic acids is 3. The highest BCUT2D eigenvalue weighted by Crippen LogP contribution is 2.28. The number of Topliss-reactive ketones (excluding diaryl/α,β-unsaturated/α-hetero) is 1. The number of hydrogen-bond acceptors (Lipinski definition) is 5. The van der Waals surface area contributed by atoms with Crippen LogP contribution in [0.3, 0.4) is 0 Å². The number of benzene rings is 2. The quantitative estimate of drug-likeness (QED) is 0.567. The fourth-order valence-electron chi connectivity index (χ4n) is 3.04. The first-order valence-corrected chi connectivity index (χ1v) is 9.29. The van der Waals surface area contributed by atoms with E-state index in [1.165, 1.54) is 0 Å². The van der Waals surface area contributed by atoms with Crippen LogP contribution >= 0.6 is 0 Å². The fraction of sp³-hybridized carbons (Fsp3) is 0.318. The summed E-state index contributed by atoms with van der Waals surface area (Å²) in [6.45, 7) is 5.74. The van der Waals surface area contributed by atoms with Gasteiger partial charge in [-0.1, -0.05) is 26.0 Å². The molecule has 0 N–H and O–H groups in total. The van der Waals surface area contributed by atoms with Crippen molar-refractivity contribution in [2.24, 2.45) is 5.92 Å². The van der Waals surface area contributed by atoms with E-state index < -0.39 is 17.9 Å². The molecule has 1 atom stereocenters. The standard InChI is InChI=1S/C22H23NO5/c1-4-27-16-11-9-15(10-12-16)18(24)13-23-21(25)17-7-5-6-8-19(17)28-20(14(2)3)22(23)26/h5-12,14,20H,4,13H2,1-3H3/t20-/m1/s1. The van der Waals surface area contributed by atoms with Crippen LogP contribution < -0.4 is 9.47 Å².